The van der Waals surface area contributed by atoms with E-state index in [1.54, 1.807) is 0 Å². The average Bonchev–Trinajstić information content (AvgIpc) is 2.83. The van der Waals surface area contributed by atoms with Gasteiger partial charge in [-0.3, -0.25) is 0 Å². The molecule has 0 saturated carbocycles. The van der Waals surface area contributed by atoms with E-state index in [1.165, 1.54) is 17.8 Å². The first-order valence-electron chi connectivity index (χ1n) is 5.92. The summed E-state index contributed by atoms with van der Waals surface area (Å²) in [4.78, 5) is 4.90. The molecule has 2 rings (SSSR count). The summed E-state index contributed by atoms with van der Waals surface area (Å²) < 4.78 is 31.1. The van der Waals surface area contributed by atoms with E-state index in [0.717, 1.165) is 12.1 Å². The van der Waals surface area contributed by atoms with Gasteiger partial charge in [-0.2, -0.15) is 4.98 Å². The van der Waals surface area contributed by atoms with Crippen LogP contribution in [0.1, 0.15) is 43.7 Å². The minimum atomic E-state index is -0.856. The van der Waals surface area contributed by atoms with Crippen molar-refractivity contribution in [2.45, 2.75) is 36.8 Å². The van der Waals surface area contributed by atoms with Gasteiger partial charge >= 0.3 is 0 Å². The van der Waals surface area contributed by atoms with Gasteiger partial charge in [-0.15, -0.1) is 11.8 Å². The number of aromatic nitrogens is 2. The Morgan fingerprint density at radius 3 is 2.47 bits per heavy atom. The highest BCUT2D eigenvalue weighted by atomic mass is 32.2. The van der Waals surface area contributed by atoms with Crippen LogP contribution in [-0.2, 0) is 0 Å². The standard InChI is InChI=1S/C13H14F2N2OS/c1-7(2)12-16-13(18-17-12)8(3)19-9-4-5-10(14)11(15)6-9/h4-8H,1-3H3. The molecule has 0 aliphatic carbocycles. The molecule has 0 aliphatic heterocycles. The summed E-state index contributed by atoms with van der Waals surface area (Å²) in [5.41, 5.74) is 0. The summed E-state index contributed by atoms with van der Waals surface area (Å²) in [6, 6.07) is 3.80. The Balaban J connectivity index is 2.11. The minimum Gasteiger partial charge on any atom is -0.338 e. The number of nitrogens with zero attached hydrogens (tertiary/aromatic N) is 2. The lowest BCUT2D eigenvalue weighted by atomic mass is 10.2. The molecule has 0 amide bonds. The number of halogens is 2. The van der Waals surface area contributed by atoms with Crippen molar-refractivity contribution in [3.8, 4) is 0 Å². The molecule has 1 heterocycles. The predicted molar refractivity (Wildman–Crippen MR) is 69.0 cm³/mol. The second-order valence-corrected chi connectivity index (χ2v) is 5.90. The minimum absolute atomic E-state index is 0.120. The third kappa shape index (κ3) is 3.32. The van der Waals surface area contributed by atoms with Crippen LogP contribution in [0.3, 0.4) is 0 Å². The fourth-order valence-corrected chi connectivity index (χ4v) is 2.37. The molecule has 1 aromatic heterocycles. The van der Waals surface area contributed by atoms with Crippen molar-refractivity contribution in [1.29, 1.82) is 0 Å². The zero-order chi connectivity index (χ0) is 14.0. The molecule has 0 aliphatic rings. The quantitative estimate of drug-likeness (QED) is 0.784. The fraction of sp³-hybridized carbons (Fsp3) is 0.385. The van der Waals surface area contributed by atoms with Crippen molar-refractivity contribution >= 4 is 11.8 Å². The summed E-state index contributed by atoms with van der Waals surface area (Å²) in [5, 5.41) is 3.76. The normalized spacial score (nSPS) is 12.9. The Morgan fingerprint density at radius 1 is 1.16 bits per heavy atom. The SMILES string of the molecule is CC(C)c1noc(C(C)Sc2ccc(F)c(F)c2)n1. The van der Waals surface area contributed by atoms with Gasteiger partial charge in [-0.25, -0.2) is 8.78 Å². The third-order valence-corrected chi connectivity index (χ3v) is 3.61. The van der Waals surface area contributed by atoms with E-state index in [2.05, 4.69) is 10.1 Å². The maximum Gasteiger partial charge on any atom is 0.239 e. The van der Waals surface area contributed by atoms with Crippen LogP contribution in [-0.4, -0.2) is 10.1 Å². The van der Waals surface area contributed by atoms with Crippen molar-refractivity contribution in [2.24, 2.45) is 0 Å². The van der Waals surface area contributed by atoms with Crippen molar-refractivity contribution in [2.75, 3.05) is 0 Å². The molecule has 0 N–H and O–H groups in total. The molecule has 1 aromatic carbocycles. The Morgan fingerprint density at radius 2 is 1.89 bits per heavy atom. The van der Waals surface area contributed by atoms with Crippen LogP contribution in [0, 0.1) is 11.6 Å². The molecule has 0 spiro atoms. The molecular weight excluding hydrogens is 270 g/mol. The summed E-state index contributed by atoms with van der Waals surface area (Å²) in [7, 11) is 0. The van der Waals surface area contributed by atoms with Gasteiger partial charge < -0.3 is 4.52 Å². The molecule has 0 bridgehead atoms. The van der Waals surface area contributed by atoms with Gasteiger partial charge in [0.25, 0.3) is 0 Å². The lowest BCUT2D eigenvalue weighted by Gasteiger charge is -2.06. The van der Waals surface area contributed by atoms with Crippen molar-refractivity contribution in [3.63, 3.8) is 0 Å². The van der Waals surface area contributed by atoms with E-state index in [9.17, 15) is 8.78 Å². The van der Waals surface area contributed by atoms with Crippen LogP contribution >= 0.6 is 11.8 Å². The average molecular weight is 284 g/mol. The fourth-order valence-electron chi connectivity index (χ4n) is 1.45. The molecule has 0 radical (unpaired) electrons. The summed E-state index contributed by atoms with van der Waals surface area (Å²) in [5.74, 6) is -0.383. The van der Waals surface area contributed by atoms with Gasteiger partial charge in [0, 0.05) is 10.8 Å². The molecule has 1 atom stereocenters. The van der Waals surface area contributed by atoms with E-state index in [4.69, 9.17) is 4.52 Å². The summed E-state index contributed by atoms with van der Waals surface area (Å²) >= 11 is 1.34. The van der Waals surface area contributed by atoms with E-state index in [1.807, 2.05) is 20.8 Å². The number of hydrogen-bond acceptors (Lipinski definition) is 4. The lowest BCUT2D eigenvalue weighted by Crippen LogP contribution is -1.93. The van der Waals surface area contributed by atoms with Gasteiger partial charge in [-0.1, -0.05) is 19.0 Å². The van der Waals surface area contributed by atoms with Crippen molar-refractivity contribution < 1.29 is 13.3 Å². The van der Waals surface area contributed by atoms with E-state index in [-0.39, 0.29) is 11.2 Å². The van der Waals surface area contributed by atoms with E-state index >= 15 is 0 Å². The molecule has 3 nitrogen and oxygen atoms in total. The van der Waals surface area contributed by atoms with Crippen LogP contribution in [0.4, 0.5) is 8.78 Å². The number of benzene rings is 1. The van der Waals surface area contributed by atoms with Gasteiger partial charge in [0.05, 0.1) is 5.25 Å². The summed E-state index contributed by atoms with van der Waals surface area (Å²) in [6.45, 7) is 5.83. The molecule has 1 unspecified atom stereocenters. The number of rotatable bonds is 4. The highest BCUT2D eigenvalue weighted by molar-refractivity contribution is 7.99. The van der Waals surface area contributed by atoms with Crippen LogP contribution in [0.2, 0.25) is 0 Å². The molecule has 102 valence electrons. The first-order valence-corrected chi connectivity index (χ1v) is 6.80. The van der Waals surface area contributed by atoms with Crippen LogP contribution in [0.5, 0.6) is 0 Å². The summed E-state index contributed by atoms with van der Waals surface area (Å²) in [6.07, 6.45) is 0. The Bertz CT molecular complexity index is 572. The highest BCUT2D eigenvalue weighted by Crippen LogP contribution is 2.34. The van der Waals surface area contributed by atoms with Crippen molar-refractivity contribution in [1.82, 2.24) is 10.1 Å². The van der Waals surface area contributed by atoms with Gasteiger partial charge in [0.1, 0.15) is 0 Å². The molecule has 0 fully saturated rings. The zero-order valence-electron chi connectivity index (χ0n) is 10.9. The Hall–Kier alpha value is -1.43. The largest absolute Gasteiger partial charge is 0.338 e. The van der Waals surface area contributed by atoms with Gasteiger partial charge in [0.15, 0.2) is 17.5 Å². The first-order chi connectivity index (χ1) is 8.97. The van der Waals surface area contributed by atoms with Crippen LogP contribution in [0.15, 0.2) is 27.6 Å². The van der Waals surface area contributed by atoms with Crippen LogP contribution < -0.4 is 0 Å². The van der Waals surface area contributed by atoms with Crippen molar-refractivity contribution in [3.05, 3.63) is 41.5 Å². The Kier molecular flexibility index (Phi) is 4.19. The lowest BCUT2D eigenvalue weighted by molar-refractivity contribution is 0.373. The zero-order valence-corrected chi connectivity index (χ0v) is 11.7. The Labute approximate surface area is 114 Å². The number of thioether (sulfide) groups is 1. The molecular formula is C13H14F2N2OS. The molecule has 6 heteroatoms. The third-order valence-electron chi connectivity index (χ3n) is 2.53. The maximum absolute atomic E-state index is 13.1. The predicted octanol–water partition coefficient (Wildman–Crippen LogP) is 4.32. The molecule has 0 saturated heterocycles. The smallest absolute Gasteiger partial charge is 0.239 e. The van der Waals surface area contributed by atoms with Crippen LogP contribution in [0.25, 0.3) is 0 Å². The highest BCUT2D eigenvalue weighted by Gasteiger charge is 2.17. The monoisotopic (exact) mass is 284 g/mol. The number of hydrogen-bond donors (Lipinski definition) is 0. The molecule has 2 aromatic rings. The molecule has 19 heavy (non-hydrogen) atoms. The van der Waals surface area contributed by atoms with E-state index < -0.39 is 11.6 Å². The van der Waals surface area contributed by atoms with Gasteiger partial charge in [0.2, 0.25) is 5.89 Å². The second kappa shape index (κ2) is 5.69. The maximum atomic E-state index is 13.1. The topological polar surface area (TPSA) is 38.9 Å². The second-order valence-electron chi connectivity index (χ2n) is 4.48. The van der Waals surface area contributed by atoms with Gasteiger partial charge in [-0.05, 0) is 25.1 Å². The first kappa shape index (κ1) is 14.0. The van der Waals surface area contributed by atoms with E-state index in [0.29, 0.717) is 16.6 Å².